The third kappa shape index (κ3) is 4.55. The Bertz CT molecular complexity index is 936. The SMILES string of the molecule is CC(C)(C)OC(=O)N[C@@H]1CC[C@@H](c2cccc(F)c2F)Cn2c(C(=O)O)cnc21. The molecule has 2 N–H and O–H groups in total. The van der Waals surface area contributed by atoms with E-state index in [2.05, 4.69) is 10.3 Å². The number of nitrogens with one attached hydrogen (secondary N) is 1. The summed E-state index contributed by atoms with van der Waals surface area (Å²) >= 11 is 0. The number of hydrogen-bond donors (Lipinski definition) is 2. The minimum Gasteiger partial charge on any atom is -0.477 e. The van der Waals surface area contributed by atoms with Gasteiger partial charge in [0, 0.05) is 12.5 Å². The molecule has 7 nitrogen and oxygen atoms in total. The zero-order valence-corrected chi connectivity index (χ0v) is 16.4. The van der Waals surface area contributed by atoms with Gasteiger partial charge in [-0.05, 0) is 45.2 Å². The number of carboxylic acids is 1. The van der Waals surface area contributed by atoms with Gasteiger partial charge in [0.05, 0.1) is 12.2 Å². The number of ether oxygens (including phenoxy) is 1. The fourth-order valence-electron chi connectivity index (χ4n) is 3.52. The molecule has 0 spiro atoms. The molecule has 0 unspecified atom stereocenters. The summed E-state index contributed by atoms with van der Waals surface area (Å²) in [5.74, 6) is -3.25. The van der Waals surface area contributed by atoms with E-state index in [1.54, 1.807) is 20.8 Å². The van der Waals surface area contributed by atoms with Crippen LogP contribution >= 0.6 is 0 Å². The minimum absolute atomic E-state index is 0.0836. The molecule has 2 heterocycles. The maximum atomic E-state index is 14.4. The van der Waals surface area contributed by atoms with Crippen LogP contribution in [0.25, 0.3) is 0 Å². The molecule has 0 fully saturated rings. The summed E-state index contributed by atoms with van der Waals surface area (Å²) in [7, 11) is 0. The summed E-state index contributed by atoms with van der Waals surface area (Å²) in [4.78, 5) is 28.0. The van der Waals surface area contributed by atoms with Gasteiger partial charge in [0.15, 0.2) is 11.6 Å². The Kier molecular flexibility index (Phi) is 5.59. The minimum atomic E-state index is -1.19. The molecule has 3 rings (SSSR count). The summed E-state index contributed by atoms with van der Waals surface area (Å²) < 4.78 is 34.8. The van der Waals surface area contributed by atoms with Crippen LogP contribution in [0.4, 0.5) is 13.6 Å². The van der Waals surface area contributed by atoms with Gasteiger partial charge in [0.1, 0.15) is 17.1 Å². The number of aromatic carboxylic acids is 1. The van der Waals surface area contributed by atoms with Crippen LogP contribution in [0.3, 0.4) is 0 Å². The van der Waals surface area contributed by atoms with E-state index in [1.807, 2.05) is 0 Å². The van der Waals surface area contributed by atoms with E-state index in [0.29, 0.717) is 18.7 Å². The lowest BCUT2D eigenvalue weighted by molar-refractivity contribution is 0.0498. The summed E-state index contributed by atoms with van der Waals surface area (Å²) in [5.41, 5.74) is -0.623. The van der Waals surface area contributed by atoms with Crippen LogP contribution in [-0.4, -0.2) is 32.3 Å². The lowest BCUT2D eigenvalue weighted by Gasteiger charge is -2.23. The molecule has 1 aromatic heterocycles. The third-order valence-electron chi connectivity index (χ3n) is 4.74. The first-order valence-corrected chi connectivity index (χ1v) is 9.29. The van der Waals surface area contributed by atoms with E-state index >= 15 is 0 Å². The number of hydrogen-bond acceptors (Lipinski definition) is 4. The molecule has 0 saturated heterocycles. The molecule has 156 valence electrons. The Morgan fingerprint density at radius 2 is 2.00 bits per heavy atom. The maximum absolute atomic E-state index is 14.4. The molecule has 0 saturated carbocycles. The second-order valence-electron chi connectivity index (χ2n) is 8.03. The van der Waals surface area contributed by atoms with Crippen molar-refractivity contribution in [3.63, 3.8) is 0 Å². The van der Waals surface area contributed by atoms with Gasteiger partial charge in [-0.3, -0.25) is 0 Å². The fraction of sp³-hybridized carbons (Fsp3) is 0.450. The Hall–Kier alpha value is -2.97. The molecule has 2 aromatic rings. The molecule has 1 amide bonds. The van der Waals surface area contributed by atoms with Gasteiger partial charge in [-0.2, -0.15) is 0 Å². The smallest absolute Gasteiger partial charge is 0.408 e. The lowest BCUT2D eigenvalue weighted by Crippen LogP contribution is -2.35. The molecule has 2 atom stereocenters. The van der Waals surface area contributed by atoms with Crippen LogP contribution in [0.15, 0.2) is 24.4 Å². The number of nitrogens with zero attached hydrogens (tertiary/aromatic N) is 2. The number of aromatic nitrogens is 2. The van der Waals surface area contributed by atoms with E-state index in [-0.39, 0.29) is 17.8 Å². The molecule has 9 heteroatoms. The van der Waals surface area contributed by atoms with Gasteiger partial charge in [-0.25, -0.2) is 23.4 Å². The van der Waals surface area contributed by atoms with Crippen LogP contribution in [0.2, 0.25) is 0 Å². The van der Waals surface area contributed by atoms with Crippen molar-refractivity contribution in [1.29, 1.82) is 0 Å². The summed E-state index contributed by atoms with van der Waals surface area (Å²) in [6.45, 7) is 5.29. The number of fused-ring (bicyclic) bond motifs is 1. The Morgan fingerprint density at radius 3 is 2.66 bits per heavy atom. The van der Waals surface area contributed by atoms with Crippen molar-refractivity contribution >= 4 is 12.1 Å². The van der Waals surface area contributed by atoms with Crippen molar-refractivity contribution in [1.82, 2.24) is 14.9 Å². The summed E-state index contributed by atoms with van der Waals surface area (Å²) in [6, 6.07) is 3.32. The van der Waals surface area contributed by atoms with Crippen molar-refractivity contribution in [3.8, 4) is 0 Å². The van der Waals surface area contributed by atoms with E-state index in [0.717, 1.165) is 6.07 Å². The number of benzene rings is 1. The van der Waals surface area contributed by atoms with Crippen LogP contribution in [-0.2, 0) is 11.3 Å². The molecule has 0 aliphatic carbocycles. The standard InChI is InChI=1S/C20H23F2N3O4/c1-20(2,3)29-19(28)24-14-8-7-11(12-5-4-6-13(21)16(12)22)10-25-15(18(26)27)9-23-17(14)25/h4-6,9,11,14H,7-8,10H2,1-3H3,(H,24,28)(H,26,27)/t11-,14-/m1/s1. The summed E-state index contributed by atoms with van der Waals surface area (Å²) in [6.07, 6.45) is 1.29. The second-order valence-corrected chi connectivity index (χ2v) is 8.03. The summed E-state index contributed by atoms with van der Waals surface area (Å²) in [5, 5.41) is 12.2. The predicted octanol–water partition coefficient (Wildman–Crippen LogP) is 4.00. The van der Waals surface area contributed by atoms with Crippen LogP contribution in [0.1, 0.15) is 67.4 Å². The third-order valence-corrected chi connectivity index (χ3v) is 4.74. The zero-order chi connectivity index (χ0) is 21.3. The number of rotatable bonds is 3. The van der Waals surface area contributed by atoms with Crippen molar-refractivity contribution in [3.05, 3.63) is 53.1 Å². The first kappa shape index (κ1) is 20.8. The first-order valence-electron chi connectivity index (χ1n) is 9.29. The Labute approximate surface area is 166 Å². The lowest BCUT2D eigenvalue weighted by atomic mass is 9.93. The number of imidazole rings is 1. The Balaban J connectivity index is 1.95. The van der Waals surface area contributed by atoms with Gasteiger partial charge >= 0.3 is 12.1 Å². The topological polar surface area (TPSA) is 93.5 Å². The number of halogens is 2. The normalized spacial score (nSPS) is 19.2. The van der Waals surface area contributed by atoms with Crippen LogP contribution in [0.5, 0.6) is 0 Å². The van der Waals surface area contributed by atoms with Gasteiger partial charge in [-0.1, -0.05) is 12.1 Å². The molecular weight excluding hydrogens is 384 g/mol. The first-order chi connectivity index (χ1) is 13.6. The monoisotopic (exact) mass is 407 g/mol. The molecule has 0 bridgehead atoms. The van der Waals surface area contributed by atoms with Gasteiger partial charge in [0.25, 0.3) is 0 Å². The van der Waals surface area contributed by atoms with Crippen molar-refractivity contribution in [2.75, 3.05) is 0 Å². The predicted molar refractivity (Wildman–Crippen MR) is 99.6 cm³/mol. The number of carboxylic acid groups (broad SMARTS) is 1. The van der Waals surface area contributed by atoms with Gasteiger partial charge < -0.3 is 19.7 Å². The Morgan fingerprint density at radius 1 is 1.28 bits per heavy atom. The number of amides is 1. The highest BCUT2D eigenvalue weighted by molar-refractivity contribution is 5.85. The van der Waals surface area contributed by atoms with Crippen LogP contribution < -0.4 is 5.32 Å². The van der Waals surface area contributed by atoms with Crippen LogP contribution in [0, 0.1) is 11.6 Å². The van der Waals surface area contributed by atoms with E-state index in [9.17, 15) is 23.5 Å². The largest absolute Gasteiger partial charge is 0.477 e. The molecular formula is C20H23F2N3O4. The number of carbonyl (C=O) groups excluding carboxylic acids is 1. The average Bonchev–Trinajstić information content (AvgIpc) is 2.94. The average molecular weight is 407 g/mol. The molecule has 1 aromatic carbocycles. The fourth-order valence-corrected chi connectivity index (χ4v) is 3.52. The number of alkyl carbamates (subject to hydrolysis) is 1. The van der Waals surface area contributed by atoms with E-state index in [4.69, 9.17) is 4.74 Å². The molecule has 1 aliphatic heterocycles. The van der Waals surface area contributed by atoms with Crippen molar-refractivity contribution in [2.45, 2.75) is 57.7 Å². The van der Waals surface area contributed by atoms with E-state index in [1.165, 1.54) is 22.9 Å². The highest BCUT2D eigenvalue weighted by Gasteiger charge is 2.32. The molecule has 0 radical (unpaired) electrons. The maximum Gasteiger partial charge on any atom is 0.408 e. The highest BCUT2D eigenvalue weighted by atomic mass is 19.2. The van der Waals surface area contributed by atoms with Crippen molar-refractivity contribution < 1.29 is 28.2 Å². The zero-order valence-electron chi connectivity index (χ0n) is 16.4. The quantitative estimate of drug-likeness (QED) is 0.802. The van der Waals surface area contributed by atoms with Crippen molar-refractivity contribution in [2.24, 2.45) is 0 Å². The highest BCUT2D eigenvalue weighted by Crippen LogP contribution is 2.35. The second kappa shape index (κ2) is 7.81. The van der Waals surface area contributed by atoms with E-state index < -0.39 is 41.3 Å². The van der Waals surface area contributed by atoms with Gasteiger partial charge in [0.2, 0.25) is 0 Å². The number of carbonyl (C=O) groups is 2. The molecule has 29 heavy (non-hydrogen) atoms. The molecule has 1 aliphatic rings. The van der Waals surface area contributed by atoms with Gasteiger partial charge in [-0.15, -0.1) is 0 Å².